The monoisotopic (exact) mass is 238 g/mol. The molecule has 1 amide bonds. The van der Waals surface area contributed by atoms with E-state index in [0.29, 0.717) is 13.0 Å². The summed E-state index contributed by atoms with van der Waals surface area (Å²) in [6.45, 7) is 0.673. The predicted molar refractivity (Wildman–Crippen MR) is 62.4 cm³/mol. The van der Waals surface area contributed by atoms with Gasteiger partial charge < -0.3 is 21.2 Å². The van der Waals surface area contributed by atoms with Crippen molar-refractivity contribution < 1.29 is 9.72 Å². The lowest BCUT2D eigenvalue weighted by Gasteiger charge is -2.03. The van der Waals surface area contributed by atoms with Crippen LogP contribution in [0.15, 0.2) is 18.3 Å². The minimum absolute atomic E-state index is 0.177. The Morgan fingerprint density at radius 2 is 2.24 bits per heavy atom. The van der Waals surface area contributed by atoms with Crippen molar-refractivity contribution in [3.05, 3.63) is 28.4 Å². The Hall–Kier alpha value is -2.18. The van der Waals surface area contributed by atoms with Crippen LogP contribution in [0.2, 0.25) is 0 Å². The molecule has 0 aliphatic carbocycles. The Balaban J connectivity index is 2.27. The maximum Gasteiger partial charge on any atom is 0.363 e. The number of unbranched alkanes of at least 4 members (excludes halogenated alkanes) is 1. The third-order valence-corrected chi connectivity index (χ3v) is 2.11. The summed E-state index contributed by atoms with van der Waals surface area (Å²) >= 11 is 0. The molecular weight excluding hydrogens is 224 g/mol. The molecule has 0 radical (unpaired) electrons. The van der Waals surface area contributed by atoms with Crippen LogP contribution in [0.1, 0.15) is 19.3 Å². The lowest BCUT2D eigenvalue weighted by molar-refractivity contribution is -0.389. The van der Waals surface area contributed by atoms with Crippen LogP contribution in [0.4, 0.5) is 11.5 Å². The molecule has 17 heavy (non-hydrogen) atoms. The van der Waals surface area contributed by atoms with Crippen LogP contribution in [0.5, 0.6) is 0 Å². The zero-order valence-electron chi connectivity index (χ0n) is 9.26. The van der Waals surface area contributed by atoms with Gasteiger partial charge in [-0.3, -0.25) is 4.79 Å². The molecule has 1 aromatic rings. The highest BCUT2D eigenvalue weighted by Gasteiger charge is 2.05. The van der Waals surface area contributed by atoms with E-state index in [9.17, 15) is 14.9 Å². The first-order valence-electron chi connectivity index (χ1n) is 5.22. The van der Waals surface area contributed by atoms with Gasteiger partial charge >= 0.3 is 5.82 Å². The smallest absolute Gasteiger partial charge is 0.363 e. The molecule has 92 valence electrons. The summed E-state index contributed by atoms with van der Waals surface area (Å²) in [6, 6.07) is 2.94. The first kappa shape index (κ1) is 12.9. The molecular formula is C10H14N4O3. The Morgan fingerprint density at radius 3 is 2.76 bits per heavy atom. The first-order chi connectivity index (χ1) is 8.09. The van der Waals surface area contributed by atoms with Crippen LogP contribution in [0.25, 0.3) is 0 Å². The molecule has 1 aromatic heterocycles. The van der Waals surface area contributed by atoms with Crippen LogP contribution in [-0.2, 0) is 4.79 Å². The van der Waals surface area contributed by atoms with Crippen molar-refractivity contribution in [3.63, 3.8) is 0 Å². The topological polar surface area (TPSA) is 111 Å². The number of rotatable bonds is 7. The predicted octanol–water partition coefficient (Wildman–Crippen LogP) is 1.06. The van der Waals surface area contributed by atoms with Crippen molar-refractivity contribution in [3.8, 4) is 0 Å². The van der Waals surface area contributed by atoms with E-state index in [1.807, 2.05) is 0 Å². The van der Waals surface area contributed by atoms with E-state index in [4.69, 9.17) is 5.73 Å². The molecule has 0 aliphatic rings. The largest absolute Gasteiger partial charge is 0.382 e. The molecule has 0 bridgehead atoms. The number of nitro groups is 1. The summed E-state index contributed by atoms with van der Waals surface area (Å²) < 4.78 is 0. The van der Waals surface area contributed by atoms with Crippen molar-refractivity contribution in [1.29, 1.82) is 0 Å². The number of primary amides is 1. The van der Waals surface area contributed by atoms with Gasteiger partial charge in [0.2, 0.25) is 5.91 Å². The molecule has 0 aromatic carbocycles. The number of amides is 1. The van der Waals surface area contributed by atoms with Gasteiger partial charge in [-0.15, -0.1) is 0 Å². The Labute approximate surface area is 98.2 Å². The summed E-state index contributed by atoms with van der Waals surface area (Å²) in [7, 11) is 0. The highest BCUT2D eigenvalue weighted by atomic mass is 16.6. The highest BCUT2D eigenvalue weighted by molar-refractivity contribution is 5.73. The van der Waals surface area contributed by atoms with Gasteiger partial charge in [-0.05, 0) is 28.8 Å². The van der Waals surface area contributed by atoms with Crippen LogP contribution < -0.4 is 11.1 Å². The number of nitrogens with one attached hydrogen (secondary N) is 1. The standard InChI is InChI=1S/C10H14N4O3/c11-9(15)3-1-2-6-12-8-4-5-10(13-7-8)14(16)17/h4-5,7,12H,1-3,6H2,(H2,11,15). The van der Waals surface area contributed by atoms with E-state index in [2.05, 4.69) is 10.3 Å². The minimum Gasteiger partial charge on any atom is -0.382 e. The third-order valence-electron chi connectivity index (χ3n) is 2.11. The quantitative estimate of drug-likeness (QED) is 0.419. The van der Waals surface area contributed by atoms with Gasteiger partial charge in [-0.1, -0.05) is 0 Å². The van der Waals surface area contributed by atoms with Gasteiger partial charge in [0.05, 0.1) is 5.69 Å². The third kappa shape index (κ3) is 4.92. The normalized spacial score (nSPS) is 9.88. The second-order valence-corrected chi connectivity index (χ2v) is 3.51. The van der Waals surface area contributed by atoms with Gasteiger partial charge in [0, 0.05) is 19.0 Å². The van der Waals surface area contributed by atoms with Crippen molar-refractivity contribution in [2.24, 2.45) is 5.73 Å². The van der Waals surface area contributed by atoms with Crippen LogP contribution in [0, 0.1) is 10.1 Å². The number of aromatic nitrogens is 1. The van der Waals surface area contributed by atoms with Gasteiger partial charge in [-0.25, -0.2) is 0 Å². The fourth-order valence-corrected chi connectivity index (χ4v) is 1.26. The first-order valence-corrected chi connectivity index (χ1v) is 5.22. The summed E-state index contributed by atoms with van der Waals surface area (Å²) in [4.78, 5) is 23.9. The Bertz CT molecular complexity index is 391. The van der Waals surface area contributed by atoms with E-state index in [1.54, 1.807) is 6.07 Å². The number of nitrogens with two attached hydrogens (primary N) is 1. The number of hydrogen-bond donors (Lipinski definition) is 2. The van der Waals surface area contributed by atoms with Gasteiger partial charge in [-0.2, -0.15) is 0 Å². The fraction of sp³-hybridized carbons (Fsp3) is 0.400. The number of nitrogens with zero attached hydrogens (tertiary/aromatic N) is 2. The number of hydrogen-bond acceptors (Lipinski definition) is 5. The average molecular weight is 238 g/mol. The summed E-state index contributed by atoms with van der Waals surface area (Å²) in [5.74, 6) is -0.480. The number of pyridine rings is 1. The molecule has 1 heterocycles. The minimum atomic E-state index is -0.545. The molecule has 7 nitrogen and oxygen atoms in total. The van der Waals surface area contributed by atoms with Crippen molar-refractivity contribution in [2.75, 3.05) is 11.9 Å². The molecule has 0 unspecified atom stereocenters. The molecule has 0 fully saturated rings. The second kappa shape index (κ2) is 6.41. The number of anilines is 1. The number of carbonyl (C=O) groups excluding carboxylic acids is 1. The van der Waals surface area contributed by atoms with Crippen LogP contribution >= 0.6 is 0 Å². The molecule has 0 spiro atoms. The summed E-state index contributed by atoms with van der Waals surface area (Å²) in [6.07, 6.45) is 3.31. The van der Waals surface area contributed by atoms with E-state index < -0.39 is 4.92 Å². The molecule has 1 rings (SSSR count). The Morgan fingerprint density at radius 1 is 1.47 bits per heavy atom. The molecule has 3 N–H and O–H groups in total. The maximum absolute atomic E-state index is 10.5. The van der Waals surface area contributed by atoms with E-state index in [1.165, 1.54) is 12.3 Å². The second-order valence-electron chi connectivity index (χ2n) is 3.51. The van der Waals surface area contributed by atoms with E-state index >= 15 is 0 Å². The zero-order chi connectivity index (χ0) is 12.7. The summed E-state index contributed by atoms with van der Waals surface area (Å²) in [5.41, 5.74) is 5.71. The van der Waals surface area contributed by atoms with Gasteiger partial charge in [0.1, 0.15) is 0 Å². The molecule has 0 saturated heterocycles. The van der Waals surface area contributed by atoms with Crippen LogP contribution in [-0.4, -0.2) is 22.4 Å². The fourth-order valence-electron chi connectivity index (χ4n) is 1.26. The van der Waals surface area contributed by atoms with Crippen molar-refractivity contribution in [1.82, 2.24) is 4.98 Å². The molecule has 0 saturated carbocycles. The zero-order valence-corrected chi connectivity index (χ0v) is 9.26. The maximum atomic E-state index is 10.5. The number of carbonyl (C=O) groups is 1. The SMILES string of the molecule is NC(=O)CCCCNc1ccc([N+](=O)[O-])nc1. The molecule has 0 atom stereocenters. The lowest BCUT2D eigenvalue weighted by Crippen LogP contribution is -2.11. The molecule has 7 heteroatoms. The summed E-state index contributed by atoms with van der Waals surface area (Å²) in [5, 5.41) is 13.4. The Kier molecular flexibility index (Phi) is 4.86. The van der Waals surface area contributed by atoms with Crippen LogP contribution in [0.3, 0.4) is 0 Å². The van der Waals surface area contributed by atoms with Gasteiger partial charge in [0.25, 0.3) is 0 Å². The van der Waals surface area contributed by atoms with Gasteiger partial charge in [0.15, 0.2) is 6.20 Å². The molecule has 0 aliphatic heterocycles. The van der Waals surface area contributed by atoms with E-state index in [-0.39, 0.29) is 11.7 Å². The van der Waals surface area contributed by atoms with Crippen molar-refractivity contribution in [2.45, 2.75) is 19.3 Å². The van der Waals surface area contributed by atoms with Crippen molar-refractivity contribution >= 4 is 17.4 Å². The average Bonchev–Trinajstić information content (AvgIpc) is 2.29. The lowest BCUT2D eigenvalue weighted by atomic mass is 10.2. The highest BCUT2D eigenvalue weighted by Crippen LogP contribution is 2.11. The van der Waals surface area contributed by atoms with E-state index in [0.717, 1.165) is 18.5 Å².